The van der Waals surface area contributed by atoms with Crippen molar-refractivity contribution in [3.05, 3.63) is 0 Å². The van der Waals surface area contributed by atoms with Gasteiger partial charge in [-0.3, -0.25) is 0 Å². The first kappa shape index (κ1) is 8.48. The van der Waals surface area contributed by atoms with Crippen LogP contribution in [0.1, 0.15) is 20.3 Å². The van der Waals surface area contributed by atoms with Crippen LogP contribution in [0.4, 0.5) is 0 Å². The Balaban J connectivity index is 2.05. The molecule has 3 heteroatoms. The van der Waals surface area contributed by atoms with Gasteiger partial charge in [0.05, 0.1) is 25.4 Å². The molecule has 0 bridgehead atoms. The van der Waals surface area contributed by atoms with E-state index in [-0.39, 0.29) is 11.5 Å². The van der Waals surface area contributed by atoms with Crippen LogP contribution in [0.5, 0.6) is 0 Å². The molecule has 1 atom stereocenters. The quantitative estimate of drug-likeness (QED) is 0.628. The molecule has 0 aromatic heterocycles. The van der Waals surface area contributed by atoms with Crippen LogP contribution in [0, 0.1) is 5.92 Å². The maximum atomic E-state index is 10.1. The molecule has 0 saturated carbocycles. The number of aliphatic hydroxyl groups is 1. The van der Waals surface area contributed by atoms with Crippen molar-refractivity contribution < 1.29 is 14.6 Å². The topological polar surface area (TPSA) is 38.7 Å². The lowest BCUT2D eigenvalue weighted by molar-refractivity contribution is -0.184. The maximum absolute atomic E-state index is 10.1. The minimum Gasteiger partial charge on any atom is -0.387 e. The Hall–Kier alpha value is -0.120. The van der Waals surface area contributed by atoms with Gasteiger partial charge in [0.15, 0.2) is 0 Å². The van der Waals surface area contributed by atoms with Gasteiger partial charge in [0.25, 0.3) is 0 Å². The van der Waals surface area contributed by atoms with E-state index in [1.807, 2.05) is 13.8 Å². The molecule has 0 aromatic rings. The minimum absolute atomic E-state index is 0.140. The number of rotatable bonds is 1. The van der Waals surface area contributed by atoms with Crippen molar-refractivity contribution in [3.8, 4) is 0 Å². The molecule has 1 unspecified atom stereocenters. The van der Waals surface area contributed by atoms with Gasteiger partial charge in [-0.15, -0.1) is 0 Å². The summed E-state index contributed by atoms with van der Waals surface area (Å²) < 4.78 is 10.7. The van der Waals surface area contributed by atoms with Crippen molar-refractivity contribution in [2.45, 2.75) is 31.5 Å². The highest BCUT2D eigenvalue weighted by atomic mass is 16.6. The van der Waals surface area contributed by atoms with Crippen LogP contribution < -0.4 is 0 Å². The molecule has 70 valence electrons. The van der Waals surface area contributed by atoms with Crippen LogP contribution in [0.2, 0.25) is 0 Å². The first-order valence-corrected chi connectivity index (χ1v) is 4.50. The van der Waals surface area contributed by atoms with E-state index >= 15 is 0 Å². The molecule has 0 aromatic carbocycles. The van der Waals surface area contributed by atoms with Crippen LogP contribution in [0.3, 0.4) is 0 Å². The Morgan fingerprint density at radius 2 is 1.92 bits per heavy atom. The molecule has 1 N–H and O–H groups in total. The van der Waals surface area contributed by atoms with E-state index in [1.165, 1.54) is 0 Å². The molecule has 2 saturated heterocycles. The van der Waals surface area contributed by atoms with Gasteiger partial charge in [0.1, 0.15) is 5.60 Å². The van der Waals surface area contributed by atoms with Gasteiger partial charge in [-0.2, -0.15) is 0 Å². The smallest absolute Gasteiger partial charge is 0.118 e. The van der Waals surface area contributed by atoms with Crippen molar-refractivity contribution >= 4 is 0 Å². The molecule has 12 heavy (non-hydrogen) atoms. The van der Waals surface area contributed by atoms with Gasteiger partial charge in [-0.05, 0) is 5.92 Å². The first-order valence-electron chi connectivity index (χ1n) is 4.50. The summed E-state index contributed by atoms with van der Waals surface area (Å²) in [4.78, 5) is 0. The zero-order valence-corrected chi connectivity index (χ0v) is 7.67. The first-order chi connectivity index (χ1) is 5.56. The monoisotopic (exact) mass is 172 g/mol. The van der Waals surface area contributed by atoms with Gasteiger partial charge >= 0.3 is 0 Å². The Morgan fingerprint density at radius 1 is 1.25 bits per heavy atom. The maximum Gasteiger partial charge on any atom is 0.118 e. The zero-order chi connectivity index (χ0) is 8.82. The fraction of sp³-hybridized carbons (Fsp3) is 1.00. The summed E-state index contributed by atoms with van der Waals surface area (Å²) in [5.41, 5.74) is -0.761. The number of hydrogen-bond donors (Lipinski definition) is 1. The van der Waals surface area contributed by atoms with Crippen molar-refractivity contribution in [1.82, 2.24) is 0 Å². The fourth-order valence-electron chi connectivity index (χ4n) is 1.82. The molecule has 0 amide bonds. The molecule has 2 rings (SSSR count). The van der Waals surface area contributed by atoms with Crippen LogP contribution in [0.25, 0.3) is 0 Å². The van der Waals surface area contributed by atoms with Gasteiger partial charge in [-0.1, -0.05) is 13.8 Å². The highest BCUT2D eigenvalue weighted by molar-refractivity contribution is 5.02. The Kier molecular flexibility index (Phi) is 1.72. The lowest BCUT2D eigenvalue weighted by Crippen LogP contribution is -2.50. The van der Waals surface area contributed by atoms with Crippen LogP contribution in [0.15, 0.2) is 0 Å². The summed E-state index contributed by atoms with van der Waals surface area (Å²) >= 11 is 0. The SMILES string of the molecule is CC(C)C1(O)COC2(COC2)C1. The Morgan fingerprint density at radius 3 is 2.17 bits per heavy atom. The normalized spacial score (nSPS) is 39.0. The molecule has 0 radical (unpaired) electrons. The summed E-state index contributed by atoms with van der Waals surface area (Å²) in [6.07, 6.45) is 0.734. The molecular formula is C9H16O3. The molecule has 0 aliphatic carbocycles. The van der Waals surface area contributed by atoms with Crippen LogP contribution >= 0.6 is 0 Å². The van der Waals surface area contributed by atoms with Crippen LogP contribution in [-0.2, 0) is 9.47 Å². The standard InChI is InChI=1S/C9H16O3/c1-7(2)9(10)3-8(12-6-9)4-11-5-8/h7,10H,3-6H2,1-2H3. The average Bonchev–Trinajstić information content (AvgIpc) is 2.28. The van der Waals surface area contributed by atoms with Gasteiger partial charge in [0, 0.05) is 6.42 Å². The van der Waals surface area contributed by atoms with Crippen molar-refractivity contribution in [2.24, 2.45) is 5.92 Å². The molecule has 2 heterocycles. The highest BCUT2D eigenvalue weighted by Crippen LogP contribution is 2.41. The second-order valence-electron chi connectivity index (χ2n) is 4.40. The predicted molar refractivity (Wildman–Crippen MR) is 43.9 cm³/mol. The van der Waals surface area contributed by atoms with Gasteiger partial charge in [-0.25, -0.2) is 0 Å². The van der Waals surface area contributed by atoms with Gasteiger partial charge in [0.2, 0.25) is 0 Å². The Bertz CT molecular complexity index is 186. The average molecular weight is 172 g/mol. The van der Waals surface area contributed by atoms with Crippen molar-refractivity contribution in [2.75, 3.05) is 19.8 Å². The molecular weight excluding hydrogens is 156 g/mol. The predicted octanol–water partition coefficient (Wildman–Crippen LogP) is 0.563. The fourth-order valence-corrected chi connectivity index (χ4v) is 1.82. The van der Waals surface area contributed by atoms with E-state index in [4.69, 9.17) is 9.47 Å². The third-order valence-corrected chi connectivity index (χ3v) is 3.06. The largest absolute Gasteiger partial charge is 0.387 e. The second kappa shape index (κ2) is 2.44. The van der Waals surface area contributed by atoms with E-state index in [9.17, 15) is 5.11 Å². The zero-order valence-electron chi connectivity index (χ0n) is 7.67. The molecule has 3 nitrogen and oxygen atoms in total. The number of ether oxygens (including phenoxy) is 2. The molecule has 1 spiro atoms. The summed E-state index contributed by atoms with van der Waals surface area (Å²) in [6, 6.07) is 0. The second-order valence-corrected chi connectivity index (χ2v) is 4.40. The third kappa shape index (κ3) is 1.08. The van der Waals surface area contributed by atoms with Crippen molar-refractivity contribution in [3.63, 3.8) is 0 Å². The van der Waals surface area contributed by atoms with E-state index in [0.717, 1.165) is 6.42 Å². The number of hydrogen-bond acceptors (Lipinski definition) is 3. The van der Waals surface area contributed by atoms with Crippen molar-refractivity contribution in [1.29, 1.82) is 0 Å². The lowest BCUT2D eigenvalue weighted by Gasteiger charge is -2.37. The van der Waals surface area contributed by atoms with Crippen LogP contribution in [-0.4, -0.2) is 36.1 Å². The Labute approximate surface area is 72.7 Å². The molecule has 2 fully saturated rings. The third-order valence-electron chi connectivity index (χ3n) is 3.06. The van der Waals surface area contributed by atoms with E-state index in [1.54, 1.807) is 0 Å². The highest BCUT2D eigenvalue weighted by Gasteiger charge is 2.54. The lowest BCUT2D eigenvalue weighted by atomic mass is 9.82. The minimum atomic E-state index is -0.621. The molecule has 2 aliphatic heterocycles. The summed E-state index contributed by atoms with van der Waals surface area (Å²) in [5, 5.41) is 10.1. The van der Waals surface area contributed by atoms with E-state index in [2.05, 4.69) is 0 Å². The molecule has 2 aliphatic rings. The van der Waals surface area contributed by atoms with E-state index < -0.39 is 5.60 Å². The summed E-state index contributed by atoms with van der Waals surface area (Å²) in [6.45, 7) is 5.84. The van der Waals surface area contributed by atoms with Gasteiger partial charge < -0.3 is 14.6 Å². The summed E-state index contributed by atoms with van der Waals surface area (Å²) in [5.74, 6) is 0.262. The summed E-state index contributed by atoms with van der Waals surface area (Å²) in [7, 11) is 0. The van der Waals surface area contributed by atoms with E-state index in [0.29, 0.717) is 19.8 Å².